The van der Waals surface area contributed by atoms with E-state index in [2.05, 4.69) is 5.32 Å². The molecule has 1 saturated heterocycles. The highest BCUT2D eigenvalue weighted by Gasteiger charge is 2.39. The van der Waals surface area contributed by atoms with Crippen molar-refractivity contribution in [3.05, 3.63) is 35.6 Å². The van der Waals surface area contributed by atoms with Crippen LogP contribution in [0.2, 0.25) is 0 Å². The van der Waals surface area contributed by atoms with Crippen LogP contribution in [0.3, 0.4) is 0 Å². The van der Waals surface area contributed by atoms with Gasteiger partial charge in [-0.3, -0.25) is 0 Å². The van der Waals surface area contributed by atoms with Crippen molar-refractivity contribution in [3.8, 4) is 0 Å². The molecule has 0 spiro atoms. The van der Waals surface area contributed by atoms with Gasteiger partial charge in [-0.15, -0.1) is 0 Å². The number of nitrogens with one attached hydrogen (secondary N) is 1. The molecule has 2 fully saturated rings. The number of rotatable bonds is 6. The summed E-state index contributed by atoms with van der Waals surface area (Å²) in [4.78, 5) is 0. The largest absolute Gasteiger partial charge is 0.392 e. The molecule has 1 atom stereocenters. The van der Waals surface area contributed by atoms with Crippen LogP contribution in [0, 0.1) is 5.82 Å². The van der Waals surface area contributed by atoms with Crippen LogP contribution in [0.1, 0.15) is 44.1 Å². The zero-order valence-electron chi connectivity index (χ0n) is 13.4. The van der Waals surface area contributed by atoms with Gasteiger partial charge in [0.15, 0.2) is 0 Å². The average Bonchev–Trinajstić information content (AvgIpc) is 2.46. The van der Waals surface area contributed by atoms with Crippen molar-refractivity contribution < 1.29 is 19.3 Å². The van der Waals surface area contributed by atoms with Crippen molar-refractivity contribution in [1.82, 2.24) is 5.32 Å². The molecule has 4 nitrogen and oxygen atoms in total. The van der Waals surface area contributed by atoms with Crippen LogP contribution in [0.25, 0.3) is 0 Å². The predicted molar refractivity (Wildman–Crippen MR) is 85.6 cm³/mol. The maximum Gasteiger partial charge on any atom is 0.123 e. The first kappa shape index (κ1) is 16.8. The predicted octanol–water partition coefficient (Wildman–Crippen LogP) is 2.09. The molecule has 0 bridgehead atoms. The molecule has 2 aliphatic rings. The van der Waals surface area contributed by atoms with Gasteiger partial charge in [-0.05, 0) is 49.8 Å². The Balaban J connectivity index is 1.57. The van der Waals surface area contributed by atoms with E-state index in [0.29, 0.717) is 39.0 Å². The highest BCUT2D eigenvalue weighted by Crippen LogP contribution is 2.41. The van der Waals surface area contributed by atoms with Crippen molar-refractivity contribution in [1.29, 1.82) is 0 Å². The van der Waals surface area contributed by atoms with Gasteiger partial charge in [-0.25, -0.2) is 4.39 Å². The summed E-state index contributed by atoms with van der Waals surface area (Å²) in [6, 6.07) is 6.69. The lowest BCUT2D eigenvalue weighted by Crippen LogP contribution is -2.51. The van der Waals surface area contributed by atoms with Crippen LogP contribution < -0.4 is 5.32 Å². The Morgan fingerprint density at radius 3 is 2.57 bits per heavy atom. The molecular formula is C18H26FNO3. The first-order chi connectivity index (χ1) is 11.0. The maximum absolute atomic E-state index is 13.5. The van der Waals surface area contributed by atoms with Gasteiger partial charge in [0.05, 0.1) is 11.7 Å². The fourth-order valence-corrected chi connectivity index (χ4v) is 3.66. The van der Waals surface area contributed by atoms with Crippen molar-refractivity contribution in [2.75, 3.05) is 19.8 Å². The SMILES string of the molecule is OC(CNC1(c2cccc(F)c2)CCC1)CC1(O)CCOCC1. The smallest absolute Gasteiger partial charge is 0.123 e. The van der Waals surface area contributed by atoms with Crippen molar-refractivity contribution >= 4 is 0 Å². The van der Waals surface area contributed by atoms with Crippen molar-refractivity contribution in [3.63, 3.8) is 0 Å². The van der Waals surface area contributed by atoms with Crippen LogP contribution in [0.5, 0.6) is 0 Å². The molecule has 5 heteroatoms. The van der Waals surface area contributed by atoms with Gasteiger partial charge in [-0.2, -0.15) is 0 Å². The molecule has 23 heavy (non-hydrogen) atoms. The second-order valence-corrected chi connectivity index (χ2v) is 7.02. The zero-order chi connectivity index (χ0) is 16.3. The van der Waals surface area contributed by atoms with Gasteiger partial charge in [0, 0.05) is 31.7 Å². The molecule has 0 aromatic heterocycles. The van der Waals surface area contributed by atoms with E-state index in [4.69, 9.17) is 4.74 Å². The van der Waals surface area contributed by atoms with E-state index in [1.807, 2.05) is 6.07 Å². The third-order valence-electron chi connectivity index (χ3n) is 5.30. The minimum atomic E-state index is -0.828. The van der Waals surface area contributed by atoms with Crippen molar-refractivity contribution in [2.45, 2.75) is 55.8 Å². The topological polar surface area (TPSA) is 61.7 Å². The maximum atomic E-state index is 13.5. The van der Waals surface area contributed by atoms with E-state index < -0.39 is 11.7 Å². The number of halogens is 1. The summed E-state index contributed by atoms with van der Waals surface area (Å²) in [5.74, 6) is -0.229. The Morgan fingerprint density at radius 2 is 1.96 bits per heavy atom. The quantitative estimate of drug-likeness (QED) is 0.750. The van der Waals surface area contributed by atoms with Crippen LogP contribution >= 0.6 is 0 Å². The number of aliphatic hydroxyl groups excluding tert-OH is 1. The normalized spacial score (nSPS) is 24.0. The van der Waals surface area contributed by atoms with E-state index in [0.717, 1.165) is 24.8 Å². The van der Waals surface area contributed by atoms with Crippen LogP contribution in [0.4, 0.5) is 4.39 Å². The standard InChI is InChI=1S/C18H26FNO3/c19-15-4-1-3-14(11-15)18(5-2-6-18)20-13-16(21)12-17(22)7-9-23-10-8-17/h1,3-4,11,16,20-22H,2,5-10,12-13H2. The molecule has 1 unspecified atom stereocenters. The average molecular weight is 323 g/mol. The van der Waals surface area contributed by atoms with Gasteiger partial charge >= 0.3 is 0 Å². The summed E-state index contributed by atoms with van der Waals surface area (Å²) in [6.07, 6.45) is 3.86. The summed E-state index contributed by atoms with van der Waals surface area (Å²) in [5, 5.41) is 24.2. The van der Waals surface area contributed by atoms with E-state index >= 15 is 0 Å². The summed E-state index contributed by atoms with van der Waals surface area (Å²) >= 11 is 0. The molecule has 3 N–H and O–H groups in total. The lowest BCUT2D eigenvalue weighted by Gasteiger charge is -2.44. The molecule has 3 rings (SSSR count). The van der Waals surface area contributed by atoms with Crippen LogP contribution in [0.15, 0.2) is 24.3 Å². The first-order valence-electron chi connectivity index (χ1n) is 8.51. The van der Waals surface area contributed by atoms with Gasteiger partial charge in [0.2, 0.25) is 0 Å². The Labute approximate surface area is 136 Å². The molecule has 1 aliphatic heterocycles. The van der Waals surface area contributed by atoms with E-state index in [1.54, 1.807) is 12.1 Å². The van der Waals surface area contributed by atoms with E-state index in [-0.39, 0.29) is 11.4 Å². The number of hydrogen-bond acceptors (Lipinski definition) is 4. The van der Waals surface area contributed by atoms with E-state index in [1.165, 1.54) is 6.07 Å². The molecule has 1 saturated carbocycles. The second-order valence-electron chi connectivity index (χ2n) is 7.02. The number of benzene rings is 1. The lowest BCUT2D eigenvalue weighted by molar-refractivity contribution is -0.0871. The van der Waals surface area contributed by atoms with Gasteiger partial charge < -0.3 is 20.3 Å². The molecule has 0 amide bonds. The number of ether oxygens (including phenoxy) is 1. The highest BCUT2D eigenvalue weighted by molar-refractivity contribution is 5.27. The summed E-state index contributed by atoms with van der Waals surface area (Å²) in [5.41, 5.74) is -0.118. The van der Waals surface area contributed by atoms with Crippen LogP contribution in [-0.4, -0.2) is 41.7 Å². The molecule has 1 heterocycles. The minimum absolute atomic E-state index is 0.229. The summed E-state index contributed by atoms with van der Waals surface area (Å²) in [6.45, 7) is 1.49. The van der Waals surface area contributed by atoms with Gasteiger partial charge in [0.25, 0.3) is 0 Å². The Morgan fingerprint density at radius 1 is 1.22 bits per heavy atom. The molecule has 1 aliphatic carbocycles. The fourth-order valence-electron chi connectivity index (χ4n) is 3.66. The zero-order valence-corrected chi connectivity index (χ0v) is 13.4. The highest BCUT2D eigenvalue weighted by atomic mass is 19.1. The molecule has 1 aromatic carbocycles. The molecule has 1 aromatic rings. The van der Waals surface area contributed by atoms with Crippen LogP contribution in [-0.2, 0) is 10.3 Å². The lowest BCUT2D eigenvalue weighted by atomic mass is 9.71. The monoisotopic (exact) mass is 323 g/mol. The second kappa shape index (κ2) is 6.85. The third kappa shape index (κ3) is 3.91. The Kier molecular flexibility index (Phi) is 5.01. The van der Waals surface area contributed by atoms with Gasteiger partial charge in [-0.1, -0.05) is 12.1 Å². The summed E-state index contributed by atoms with van der Waals surface area (Å²) in [7, 11) is 0. The summed E-state index contributed by atoms with van der Waals surface area (Å²) < 4.78 is 18.8. The van der Waals surface area contributed by atoms with Gasteiger partial charge in [0.1, 0.15) is 5.82 Å². The minimum Gasteiger partial charge on any atom is -0.392 e. The van der Waals surface area contributed by atoms with E-state index in [9.17, 15) is 14.6 Å². The Hall–Kier alpha value is -1.01. The first-order valence-corrected chi connectivity index (χ1v) is 8.51. The Bertz CT molecular complexity index is 527. The van der Waals surface area contributed by atoms with Crippen molar-refractivity contribution in [2.24, 2.45) is 0 Å². The fraction of sp³-hybridized carbons (Fsp3) is 0.667. The molecule has 0 radical (unpaired) electrons. The number of aliphatic hydroxyl groups is 2. The molecular weight excluding hydrogens is 297 g/mol. The third-order valence-corrected chi connectivity index (χ3v) is 5.30. The number of hydrogen-bond donors (Lipinski definition) is 3. The molecule has 128 valence electrons.